The van der Waals surface area contributed by atoms with Crippen molar-refractivity contribution in [3.63, 3.8) is 0 Å². The van der Waals surface area contributed by atoms with E-state index >= 15 is 0 Å². The fourth-order valence-corrected chi connectivity index (χ4v) is 2.23. The van der Waals surface area contributed by atoms with E-state index < -0.39 is 11.6 Å². The van der Waals surface area contributed by atoms with Gasteiger partial charge in [0.25, 0.3) is 0 Å². The van der Waals surface area contributed by atoms with Crippen LogP contribution in [0.2, 0.25) is 0 Å². The van der Waals surface area contributed by atoms with E-state index in [1.165, 1.54) is 37.4 Å². The number of methoxy groups -OCH3 is 1. The molecule has 0 bridgehead atoms. The van der Waals surface area contributed by atoms with Gasteiger partial charge in [0.1, 0.15) is 18.0 Å². The van der Waals surface area contributed by atoms with E-state index in [-0.39, 0.29) is 23.6 Å². The van der Waals surface area contributed by atoms with Crippen molar-refractivity contribution in [3.05, 3.63) is 75.9 Å². The second-order valence-corrected chi connectivity index (χ2v) is 5.03. The lowest BCUT2D eigenvalue weighted by atomic mass is 10.1. The zero-order valence-electron chi connectivity index (χ0n) is 12.7. The van der Waals surface area contributed by atoms with E-state index in [0.29, 0.717) is 16.7 Å². The van der Waals surface area contributed by atoms with Gasteiger partial charge in [0.2, 0.25) is 0 Å². The molecule has 5 nitrogen and oxygen atoms in total. The summed E-state index contributed by atoms with van der Waals surface area (Å²) in [5, 5.41) is 0.544. The molecule has 1 heterocycles. The molecule has 0 atom stereocenters. The number of rotatable bonds is 4. The van der Waals surface area contributed by atoms with Crippen molar-refractivity contribution in [2.24, 2.45) is 0 Å². The molecule has 0 spiro atoms. The van der Waals surface area contributed by atoms with E-state index in [4.69, 9.17) is 13.9 Å². The zero-order valence-corrected chi connectivity index (χ0v) is 12.7. The van der Waals surface area contributed by atoms with E-state index in [1.54, 1.807) is 18.2 Å². The van der Waals surface area contributed by atoms with Crippen LogP contribution in [0.15, 0.2) is 57.7 Å². The number of benzene rings is 2. The van der Waals surface area contributed by atoms with Crippen molar-refractivity contribution < 1.29 is 23.1 Å². The third kappa shape index (κ3) is 3.12. The molecule has 0 aliphatic carbocycles. The molecule has 0 aliphatic heterocycles. The number of hydrogen-bond donors (Lipinski definition) is 0. The lowest BCUT2D eigenvalue weighted by molar-refractivity contribution is 0.0468. The molecule has 2 aromatic carbocycles. The Hall–Kier alpha value is -3.15. The fourth-order valence-electron chi connectivity index (χ4n) is 2.23. The largest absolute Gasteiger partial charge is 0.493 e. The minimum absolute atomic E-state index is 0.0747. The van der Waals surface area contributed by atoms with Crippen molar-refractivity contribution in [3.8, 4) is 5.75 Å². The Balaban J connectivity index is 1.85. The van der Waals surface area contributed by atoms with Gasteiger partial charge in [-0.2, -0.15) is 0 Å². The number of fused-ring (bicyclic) bond motifs is 1. The summed E-state index contributed by atoms with van der Waals surface area (Å²) in [7, 11) is 1.46. The summed E-state index contributed by atoms with van der Waals surface area (Å²) in [5.74, 6) is -0.789. The third-order valence-electron chi connectivity index (χ3n) is 3.45. The van der Waals surface area contributed by atoms with E-state index in [2.05, 4.69) is 0 Å². The van der Waals surface area contributed by atoms with E-state index in [1.807, 2.05) is 0 Å². The molecule has 3 rings (SSSR count). The van der Waals surface area contributed by atoms with Crippen LogP contribution in [0.5, 0.6) is 5.75 Å². The molecule has 6 heteroatoms. The van der Waals surface area contributed by atoms with Crippen LogP contribution in [-0.2, 0) is 11.3 Å². The predicted octanol–water partition coefficient (Wildman–Crippen LogP) is 3.30. The van der Waals surface area contributed by atoms with Crippen LogP contribution < -0.4 is 10.4 Å². The average Bonchev–Trinajstić information content (AvgIpc) is 2.60. The number of carbonyl (C=O) groups is 1. The molecule has 0 radical (unpaired) electrons. The first-order valence-electron chi connectivity index (χ1n) is 7.11. The molecule has 0 aliphatic rings. The highest BCUT2D eigenvalue weighted by Crippen LogP contribution is 2.24. The molecule has 0 saturated heterocycles. The van der Waals surface area contributed by atoms with Gasteiger partial charge in [-0.25, -0.2) is 14.0 Å². The molecule has 0 fully saturated rings. The summed E-state index contributed by atoms with van der Waals surface area (Å²) < 4.78 is 28.2. The van der Waals surface area contributed by atoms with Crippen LogP contribution in [0.25, 0.3) is 11.0 Å². The number of ether oxygens (including phenoxy) is 2. The lowest BCUT2D eigenvalue weighted by Gasteiger charge is -2.06. The molecular weight excluding hydrogens is 315 g/mol. The van der Waals surface area contributed by atoms with Crippen molar-refractivity contribution in [1.29, 1.82) is 0 Å². The second kappa shape index (κ2) is 6.54. The van der Waals surface area contributed by atoms with E-state index in [9.17, 15) is 14.0 Å². The van der Waals surface area contributed by atoms with Crippen LogP contribution in [-0.4, -0.2) is 13.1 Å². The van der Waals surface area contributed by atoms with E-state index in [0.717, 1.165) is 0 Å². The van der Waals surface area contributed by atoms with Crippen LogP contribution >= 0.6 is 0 Å². The zero-order chi connectivity index (χ0) is 17.1. The molecule has 0 N–H and O–H groups in total. The fraction of sp³-hybridized carbons (Fsp3) is 0.111. The third-order valence-corrected chi connectivity index (χ3v) is 3.45. The highest BCUT2D eigenvalue weighted by atomic mass is 19.1. The normalized spacial score (nSPS) is 10.6. The first-order valence-corrected chi connectivity index (χ1v) is 7.11. The Labute approximate surface area is 136 Å². The summed E-state index contributed by atoms with van der Waals surface area (Å²) in [5.41, 5.74) is -0.148. The molecule has 1 aromatic heterocycles. The van der Waals surface area contributed by atoms with Crippen molar-refractivity contribution in [1.82, 2.24) is 0 Å². The summed E-state index contributed by atoms with van der Waals surface area (Å²) in [6, 6.07) is 12.0. The van der Waals surface area contributed by atoms with Gasteiger partial charge in [-0.15, -0.1) is 0 Å². The minimum atomic E-state index is -0.809. The Morgan fingerprint density at radius 1 is 1.17 bits per heavy atom. The Morgan fingerprint density at radius 3 is 2.62 bits per heavy atom. The Bertz CT molecular complexity index is 944. The summed E-state index contributed by atoms with van der Waals surface area (Å²) in [6.07, 6.45) is 0. The van der Waals surface area contributed by atoms with Crippen molar-refractivity contribution in [2.45, 2.75) is 6.61 Å². The standard InChI is InChI=1S/C18H13FO5/c1-22-15-4-2-3-12-9-14(18(21)24-16(12)15)17(20)23-10-11-5-7-13(19)8-6-11/h2-9H,10H2,1H3. The smallest absolute Gasteiger partial charge is 0.351 e. The number of carbonyl (C=O) groups excluding carboxylic acids is 1. The Morgan fingerprint density at radius 2 is 1.92 bits per heavy atom. The highest BCUT2D eigenvalue weighted by Gasteiger charge is 2.17. The first kappa shape index (κ1) is 15.7. The first-order chi connectivity index (χ1) is 11.6. The van der Waals surface area contributed by atoms with Crippen LogP contribution in [0.4, 0.5) is 4.39 Å². The van der Waals surface area contributed by atoms with Gasteiger partial charge < -0.3 is 13.9 Å². The van der Waals surface area contributed by atoms with Gasteiger partial charge in [-0.3, -0.25) is 0 Å². The molecule has 0 unspecified atom stereocenters. The van der Waals surface area contributed by atoms with Gasteiger partial charge in [-0.05, 0) is 29.8 Å². The maximum atomic E-state index is 12.8. The van der Waals surface area contributed by atoms with Gasteiger partial charge >= 0.3 is 11.6 Å². The molecule has 0 saturated carbocycles. The second-order valence-electron chi connectivity index (χ2n) is 5.03. The van der Waals surface area contributed by atoms with Crippen LogP contribution in [0, 0.1) is 5.82 Å². The molecule has 24 heavy (non-hydrogen) atoms. The van der Waals surface area contributed by atoms with Crippen LogP contribution in [0.1, 0.15) is 15.9 Å². The number of halogens is 1. The SMILES string of the molecule is COc1cccc2cc(C(=O)OCc3ccc(F)cc3)c(=O)oc12. The molecule has 3 aromatic rings. The van der Waals surface area contributed by atoms with Gasteiger partial charge in [0, 0.05) is 5.39 Å². The number of para-hydroxylation sites is 1. The Kier molecular flexibility index (Phi) is 4.29. The monoisotopic (exact) mass is 328 g/mol. The maximum Gasteiger partial charge on any atom is 0.351 e. The average molecular weight is 328 g/mol. The van der Waals surface area contributed by atoms with Gasteiger partial charge in [0.05, 0.1) is 7.11 Å². The molecule has 122 valence electrons. The van der Waals surface area contributed by atoms with Gasteiger partial charge in [-0.1, -0.05) is 24.3 Å². The lowest BCUT2D eigenvalue weighted by Crippen LogP contribution is -2.16. The van der Waals surface area contributed by atoms with Crippen LogP contribution in [0.3, 0.4) is 0 Å². The maximum absolute atomic E-state index is 12.8. The summed E-state index contributed by atoms with van der Waals surface area (Å²) in [6.45, 7) is -0.0747. The quantitative estimate of drug-likeness (QED) is 0.543. The topological polar surface area (TPSA) is 65.7 Å². The predicted molar refractivity (Wildman–Crippen MR) is 84.6 cm³/mol. The number of esters is 1. The van der Waals surface area contributed by atoms with Gasteiger partial charge in [0.15, 0.2) is 11.3 Å². The summed E-state index contributed by atoms with van der Waals surface area (Å²) in [4.78, 5) is 24.1. The summed E-state index contributed by atoms with van der Waals surface area (Å²) >= 11 is 0. The van der Waals surface area contributed by atoms with Crippen molar-refractivity contribution >= 4 is 16.9 Å². The van der Waals surface area contributed by atoms with Crippen molar-refractivity contribution in [2.75, 3.05) is 7.11 Å². The number of hydrogen-bond acceptors (Lipinski definition) is 5. The highest BCUT2D eigenvalue weighted by molar-refractivity contribution is 5.94. The minimum Gasteiger partial charge on any atom is -0.493 e. The molecular formula is C18H13FO5. The molecule has 0 amide bonds.